The molecule has 0 saturated heterocycles. The van der Waals surface area contributed by atoms with Crippen molar-refractivity contribution in [3.05, 3.63) is 120 Å². The van der Waals surface area contributed by atoms with Crippen molar-refractivity contribution in [2.24, 2.45) is 11.1 Å². The van der Waals surface area contributed by atoms with Gasteiger partial charge in [-0.2, -0.15) is 11.8 Å². The summed E-state index contributed by atoms with van der Waals surface area (Å²) in [5.41, 5.74) is 7.42. The number of halogens is 2. The van der Waals surface area contributed by atoms with E-state index in [1.54, 1.807) is 41.4 Å². The minimum atomic E-state index is -1.44. The summed E-state index contributed by atoms with van der Waals surface area (Å²) in [7, 11) is 0. The first-order valence-electron chi connectivity index (χ1n) is 21.7. The molecule has 0 spiro atoms. The van der Waals surface area contributed by atoms with E-state index in [0.717, 1.165) is 41.1 Å². The normalized spacial score (nSPS) is 13.0. The minimum Gasteiger partial charge on any atom is -0.481 e. The van der Waals surface area contributed by atoms with Crippen LogP contribution in [0, 0.1) is 17.0 Å². The number of nitrogens with two attached hydrogens (primary N) is 1. The molecule has 0 aliphatic rings. The van der Waals surface area contributed by atoms with Gasteiger partial charge in [0, 0.05) is 48.4 Å². The highest BCUT2D eigenvalue weighted by molar-refractivity contribution is 7.99. The molecule has 67 heavy (non-hydrogen) atoms. The van der Waals surface area contributed by atoms with Gasteiger partial charge < -0.3 is 46.3 Å². The molecule has 0 bridgehead atoms. The molecule has 4 aromatic rings. The number of carboxylic acid groups (broad SMARTS) is 1. The van der Waals surface area contributed by atoms with Crippen molar-refractivity contribution in [1.29, 1.82) is 0 Å². The maximum Gasteiger partial charge on any atom is 0.408 e. The lowest BCUT2D eigenvalue weighted by Gasteiger charge is -2.41. The van der Waals surface area contributed by atoms with Gasteiger partial charge in [-0.05, 0) is 61.1 Å². The molecule has 4 rings (SSSR count). The van der Waals surface area contributed by atoms with Gasteiger partial charge in [-0.15, -0.1) is 0 Å². The number of nitrogens with zero attached hydrogens (tertiary/aromatic N) is 2. The molecule has 3 aromatic carbocycles. The third-order valence-corrected chi connectivity index (χ3v) is 11.3. The van der Waals surface area contributed by atoms with Crippen LogP contribution in [-0.2, 0) is 46.7 Å². The summed E-state index contributed by atoms with van der Waals surface area (Å²) >= 11 is 1.15. The number of nitrogens with one attached hydrogen (secondary N) is 4. The summed E-state index contributed by atoms with van der Waals surface area (Å²) in [5, 5.41) is 19.2. The second-order valence-electron chi connectivity index (χ2n) is 17.0. The third kappa shape index (κ3) is 16.9. The maximum absolute atomic E-state index is 15.3. The Morgan fingerprint density at radius 3 is 2.09 bits per heavy atom. The second-order valence-corrected chi connectivity index (χ2v) is 18.1. The van der Waals surface area contributed by atoms with Gasteiger partial charge in [0.25, 0.3) is 0 Å². The Balaban J connectivity index is 1.50. The SMILES string of the molecule is C[C@H](NC(=O)OCc1ccccc1)C(=O)N[C@@H](C)C(=O)N[C@@H](CC(N)=O)C(=O)NCCCN(C(=O)CSCCC(=O)O)[C@@H](c1cc(-c2cc(F)ccc2F)cn1Cc1ccccc1)C(C)(C)C. The summed E-state index contributed by atoms with van der Waals surface area (Å²) in [5.74, 6) is -5.74. The summed E-state index contributed by atoms with van der Waals surface area (Å²) in [6.45, 7) is 8.82. The van der Waals surface area contributed by atoms with Gasteiger partial charge >= 0.3 is 12.1 Å². The fraction of sp³-hybridized carbons (Fsp3) is 0.396. The lowest BCUT2D eigenvalue weighted by atomic mass is 9.83. The van der Waals surface area contributed by atoms with Crippen molar-refractivity contribution in [2.45, 2.75) is 91.2 Å². The molecule has 0 saturated carbocycles. The van der Waals surface area contributed by atoms with Gasteiger partial charge in [0.2, 0.25) is 29.5 Å². The number of hydrogen-bond acceptors (Lipinski definition) is 9. The first kappa shape index (κ1) is 52.9. The number of aliphatic carboxylic acids is 1. The Kier molecular flexibility index (Phi) is 19.9. The van der Waals surface area contributed by atoms with Gasteiger partial charge in [0.05, 0.1) is 24.6 Å². The number of thioether (sulfide) groups is 1. The number of amides is 6. The molecule has 0 aliphatic carbocycles. The number of benzene rings is 3. The summed E-state index contributed by atoms with van der Waals surface area (Å²) in [4.78, 5) is 91.0. The molecule has 6 amide bonds. The fourth-order valence-electron chi connectivity index (χ4n) is 7.11. The molecule has 7 N–H and O–H groups in total. The lowest BCUT2D eigenvalue weighted by molar-refractivity contribution is -0.136. The standard InChI is InChI=1S/C48H59F2N7O9S/c1-30(53-44(62)31(2)54-47(65)66-28-33-15-10-7-11-16-33)45(63)55-38(25-40(51)58)46(64)52-20-12-21-57(41(59)29-67-22-19-42(60)61)43(48(3,4)5)39-23-34(36-24-35(49)17-18-37(36)50)27-56(39)26-32-13-8-6-9-14-32/h6-11,13-18,23-24,27,30-31,38,43H,12,19-22,25-26,28-29H2,1-5H3,(H2,51,58)(H,52,64)(H,53,62)(H,54,65)(H,55,63)(H,60,61)/t30-,31-,38-,43-/m0/s1. The molecule has 1 heterocycles. The van der Waals surface area contributed by atoms with Gasteiger partial charge in [-0.1, -0.05) is 81.4 Å². The van der Waals surface area contributed by atoms with Crippen LogP contribution >= 0.6 is 11.8 Å². The summed E-state index contributed by atoms with van der Waals surface area (Å²) in [6, 6.07) is 18.8. The van der Waals surface area contributed by atoms with Crippen molar-refractivity contribution >= 4 is 53.4 Å². The molecule has 0 unspecified atom stereocenters. The number of ether oxygens (including phenoxy) is 1. The highest BCUT2D eigenvalue weighted by atomic mass is 32.2. The largest absolute Gasteiger partial charge is 0.481 e. The molecule has 0 radical (unpaired) electrons. The lowest BCUT2D eigenvalue weighted by Crippen LogP contribution is -2.56. The number of hydrogen-bond donors (Lipinski definition) is 6. The van der Waals surface area contributed by atoms with Gasteiger partial charge in [-0.3, -0.25) is 28.8 Å². The van der Waals surface area contributed by atoms with Crippen LogP contribution in [0.2, 0.25) is 0 Å². The topological polar surface area (TPSA) is 231 Å². The first-order chi connectivity index (χ1) is 31.7. The van der Waals surface area contributed by atoms with Gasteiger partial charge in [-0.25, -0.2) is 13.6 Å². The Labute approximate surface area is 392 Å². The van der Waals surface area contributed by atoms with Crippen LogP contribution in [0.25, 0.3) is 11.1 Å². The van der Waals surface area contributed by atoms with Crippen LogP contribution in [0.15, 0.2) is 91.1 Å². The van der Waals surface area contributed by atoms with E-state index in [0.29, 0.717) is 17.8 Å². The Morgan fingerprint density at radius 1 is 0.836 bits per heavy atom. The average Bonchev–Trinajstić information content (AvgIpc) is 3.67. The molecule has 1 aromatic heterocycles. The van der Waals surface area contributed by atoms with E-state index in [9.17, 15) is 43.1 Å². The molecule has 19 heteroatoms. The second kappa shape index (κ2) is 25.2. The number of alkyl carbamates (subject to hydrolysis) is 1. The fourth-order valence-corrected chi connectivity index (χ4v) is 7.92. The van der Waals surface area contributed by atoms with Crippen molar-refractivity contribution < 1.29 is 52.2 Å². The molecular weight excluding hydrogens is 889 g/mol. The number of carbonyl (C=O) groups is 7. The predicted octanol–water partition coefficient (Wildman–Crippen LogP) is 5.29. The van der Waals surface area contributed by atoms with Crippen molar-refractivity contribution in [3.63, 3.8) is 0 Å². The molecule has 16 nitrogen and oxygen atoms in total. The molecule has 0 aliphatic heterocycles. The van der Waals surface area contributed by atoms with Crippen LogP contribution in [0.1, 0.15) is 76.7 Å². The van der Waals surface area contributed by atoms with Gasteiger partial charge in [0.1, 0.15) is 36.4 Å². The number of aromatic nitrogens is 1. The van der Waals surface area contributed by atoms with Crippen LogP contribution in [0.5, 0.6) is 0 Å². The number of rotatable bonds is 24. The van der Waals surface area contributed by atoms with E-state index in [4.69, 9.17) is 10.5 Å². The Bertz CT molecular complexity index is 2340. The van der Waals surface area contributed by atoms with E-state index < -0.39 is 83.3 Å². The van der Waals surface area contributed by atoms with E-state index in [1.165, 1.54) is 13.8 Å². The van der Waals surface area contributed by atoms with Gasteiger partial charge in [0.15, 0.2) is 0 Å². The zero-order valence-electron chi connectivity index (χ0n) is 38.2. The van der Waals surface area contributed by atoms with Crippen LogP contribution in [-0.4, -0.2) is 98.9 Å². The van der Waals surface area contributed by atoms with Crippen LogP contribution in [0.4, 0.5) is 13.6 Å². The maximum atomic E-state index is 15.3. The van der Waals surface area contributed by atoms with Crippen molar-refractivity contribution in [1.82, 2.24) is 30.7 Å². The quantitative estimate of drug-likeness (QED) is 0.0497. The Hall–Kier alpha value is -6.76. The molecule has 4 atom stereocenters. The van der Waals surface area contributed by atoms with E-state index in [-0.39, 0.29) is 55.5 Å². The Morgan fingerprint density at radius 2 is 1.46 bits per heavy atom. The zero-order valence-corrected chi connectivity index (χ0v) is 39.0. The minimum absolute atomic E-state index is 0.0282. The molecule has 0 fully saturated rings. The number of carbonyl (C=O) groups excluding carboxylic acids is 6. The smallest absolute Gasteiger partial charge is 0.408 e. The van der Waals surface area contributed by atoms with Crippen LogP contribution in [0.3, 0.4) is 0 Å². The highest BCUT2D eigenvalue weighted by Gasteiger charge is 2.37. The van der Waals surface area contributed by atoms with Crippen molar-refractivity contribution in [2.75, 3.05) is 24.6 Å². The van der Waals surface area contributed by atoms with Crippen LogP contribution < -0.4 is 27.0 Å². The number of carboxylic acids is 1. The molecule has 360 valence electrons. The third-order valence-electron chi connectivity index (χ3n) is 10.4. The van der Waals surface area contributed by atoms with Crippen molar-refractivity contribution in [3.8, 4) is 11.1 Å². The van der Waals surface area contributed by atoms with E-state index in [2.05, 4.69) is 21.3 Å². The number of primary amides is 1. The monoisotopic (exact) mass is 947 g/mol. The first-order valence-corrected chi connectivity index (χ1v) is 22.8. The predicted molar refractivity (Wildman–Crippen MR) is 249 cm³/mol. The summed E-state index contributed by atoms with van der Waals surface area (Å²) in [6.07, 6.45) is 0.273. The van der Waals surface area contributed by atoms with E-state index >= 15 is 4.39 Å². The molecular formula is C48H59F2N7O9S. The van der Waals surface area contributed by atoms with E-state index in [1.807, 2.05) is 61.7 Å². The summed E-state index contributed by atoms with van der Waals surface area (Å²) < 4.78 is 36.8. The zero-order chi connectivity index (χ0) is 49.3. The average molecular weight is 948 g/mol. The highest BCUT2D eigenvalue weighted by Crippen LogP contribution is 2.41.